The van der Waals surface area contributed by atoms with Crippen molar-refractivity contribution in [1.29, 1.82) is 0 Å². The van der Waals surface area contributed by atoms with Crippen molar-refractivity contribution in [2.75, 3.05) is 5.73 Å². The molecular formula is C16H15N3O. The highest BCUT2D eigenvalue weighted by Gasteiger charge is 2.09. The molecule has 0 atom stereocenters. The molecule has 0 spiro atoms. The highest BCUT2D eigenvalue weighted by Crippen LogP contribution is 2.18. The molecule has 0 radical (unpaired) electrons. The molecule has 1 heterocycles. The van der Waals surface area contributed by atoms with E-state index in [4.69, 9.17) is 10.3 Å². The number of anilines is 1. The third kappa shape index (κ3) is 2.69. The Bertz CT molecular complexity index is 734. The van der Waals surface area contributed by atoms with Crippen LogP contribution < -0.4 is 5.73 Å². The average Bonchev–Trinajstić information content (AvgIpc) is 2.87. The van der Waals surface area contributed by atoms with Crippen LogP contribution in [0.4, 0.5) is 5.69 Å². The quantitative estimate of drug-likeness (QED) is 0.738. The number of rotatable bonds is 3. The van der Waals surface area contributed by atoms with Gasteiger partial charge < -0.3 is 10.3 Å². The predicted octanol–water partition coefficient (Wildman–Crippen LogP) is 3.22. The zero-order chi connectivity index (χ0) is 13.9. The minimum absolute atomic E-state index is 0.587. The first-order valence-corrected chi connectivity index (χ1v) is 6.45. The number of nitrogen functional groups attached to an aromatic ring is 1. The van der Waals surface area contributed by atoms with Crippen LogP contribution >= 0.6 is 0 Å². The number of hydrogen-bond donors (Lipinski definition) is 1. The molecule has 1 aromatic heterocycles. The van der Waals surface area contributed by atoms with Gasteiger partial charge in [0, 0.05) is 11.3 Å². The number of aromatic nitrogens is 2. The number of hydrogen-bond acceptors (Lipinski definition) is 4. The lowest BCUT2D eigenvalue weighted by Gasteiger charge is -1.98. The average molecular weight is 265 g/mol. The van der Waals surface area contributed by atoms with Crippen molar-refractivity contribution in [3.63, 3.8) is 0 Å². The molecule has 4 heteroatoms. The molecule has 0 unspecified atom stereocenters. The van der Waals surface area contributed by atoms with E-state index in [1.807, 2.05) is 55.5 Å². The first-order valence-electron chi connectivity index (χ1n) is 6.45. The Balaban J connectivity index is 1.84. The first-order chi connectivity index (χ1) is 9.70. The van der Waals surface area contributed by atoms with E-state index in [1.54, 1.807) is 0 Å². The molecule has 20 heavy (non-hydrogen) atoms. The maximum atomic E-state index is 5.76. The summed E-state index contributed by atoms with van der Waals surface area (Å²) in [4.78, 5) is 4.43. The molecule has 4 nitrogen and oxygen atoms in total. The Kier molecular flexibility index (Phi) is 3.21. The van der Waals surface area contributed by atoms with Crippen LogP contribution in [0, 0.1) is 6.92 Å². The Hall–Kier alpha value is -2.62. The van der Waals surface area contributed by atoms with Gasteiger partial charge in [0.1, 0.15) is 0 Å². The monoisotopic (exact) mass is 265 g/mol. The molecule has 0 amide bonds. The Morgan fingerprint density at radius 3 is 2.75 bits per heavy atom. The molecule has 0 bridgehead atoms. The van der Waals surface area contributed by atoms with E-state index in [0.717, 1.165) is 16.8 Å². The zero-order valence-corrected chi connectivity index (χ0v) is 11.2. The van der Waals surface area contributed by atoms with Gasteiger partial charge in [-0.1, -0.05) is 41.1 Å². The van der Waals surface area contributed by atoms with Gasteiger partial charge in [0.25, 0.3) is 0 Å². The van der Waals surface area contributed by atoms with Crippen LogP contribution in [0.2, 0.25) is 0 Å². The first kappa shape index (κ1) is 12.4. The lowest BCUT2D eigenvalue weighted by molar-refractivity contribution is 0.386. The number of benzene rings is 2. The lowest BCUT2D eigenvalue weighted by atomic mass is 10.1. The summed E-state index contributed by atoms with van der Waals surface area (Å²) in [6.07, 6.45) is 0.587. The van der Waals surface area contributed by atoms with E-state index < -0.39 is 0 Å². The molecule has 2 N–H and O–H groups in total. The van der Waals surface area contributed by atoms with Crippen molar-refractivity contribution in [2.24, 2.45) is 0 Å². The zero-order valence-electron chi connectivity index (χ0n) is 11.2. The molecule has 3 rings (SSSR count). The summed E-state index contributed by atoms with van der Waals surface area (Å²) in [5.74, 6) is 1.21. The van der Waals surface area contributed by atoms with Crippen LogP contribution in [0.3, 0.4) is 0 Å². The smallest absolute Gasteiger partial charge is 0.231 e. The van der Waals surface area contributed by atoms with Crippen LogP contribution in [-0.4, -0.2) is 10.1 Å². The van der Waals surface area contributed by atoms with Crippen LogP contribution in [0.15, 0.2) is 53.1 Å². The Morgan fingerprint density at radius 2 is 1.95 bits per heavy atom. The highest BCUT2D eigenvalue weighted by atomic mass is 16.5. The molecule has 0 fully saturated rings. The van der Waals surface area contributed by atoms with Crippen molar-refractivity contribution in [3.8, 4) is 11.4 Å². The van der Waals surface area contributed by atoms with Crippen molar-refractivity contribution < 1.29 is 4.52 Å². The second-order valence-electron chi connectivity index (χ2n) is 4.80. The minimum Gasteiger partial charge on any atom is -0.399 e. The molecule has 100 valence electrons. The van der Waals surface area contributed by atoms with Crippen LogP contribution in [0.1, 0.15) is 17.0 Å². The van der Waals surface area contributed by atoms with Gasteiger partial charge in [-0.3, -0.25) is 0 Å². The summed E-state index contributed by atoms with van der Waals surface area (Å²) in [5.41, 5.74) is 9.69. The summed E-state index contributed by atoms with van der Waals surface area (Å²) in [6.45, 7) is 2.04. The fraction of sp³-hybridized carbons (Fsp3) is 0.125. The van der Waals surface area contributed by atoms with E-state index in [-0.39, 0.29) is 0 Å². The second kappa shape index (κ2) is 5.17. The molecule has 0 saturated heterocycles. The maximum Gasteiger partial charge on any atom is 0.231 e. The SMILES string of the molecule is Cc1cccc(-c2noc(Cc3cccc(N)c3)n2)c1. The highest BCUT2D eigenvalue weighted by molar-refractivity contribution is 5.55. The van der Waals surface area contributed by atoms with E-state index in [2.05, 4.69) is 10.1 Å². The number of nitrogens with two attached hydrogens (primary N) is 1. The Labute approximate surface area is 117 Å². The number of nitrogens with zero attached hydrogens (tertiary/aromatic N) is 2. The maximum absolute atomic E-state index is 5.76. The van der Waals surface area contributed by atoms with Gasteiger partial charge in [-0.15, -0.1) is 0 Å². The lowest BCUT2D eigenvalue weighted by Crippen LogP contribution is -1.91. The molecule has 0 saturated carbocycles. The van der Waals surface area contributed by atoms with Gasteiger partial charge in [0.05, 0.1) is 6.42 Å². The van der Waals surface area contributed by atoms with E-state index in [1.165, 1.54) is 5.56 Å². The molecule has 0 aliphatic carbocycles. The standard InChI is InChI=1S/C16H15N3O/c1-11-4-2-6-13(8-11)16-18-15(20-19-16)10-12-5-3-7-14(17)9-12/h2-9H,10,17H2,1H3. The van der Waals surface area contributed by atoms with Gasteiger partial charge in [-0.25, -0.2) is 0 Å². The number of aryl methyl sites for hydroxylation is 1. The molecule has 3 aromatic rings. The van der Waals surface area contributed by atoms with Crippen molar-refractivity contribution in [3.05, 3.63) is 65.5 Å². The summed E-state index contributed by atoms with van der Waals surface area (Å²) < 4.78 is 5.30. The molecular weight excluding hydrogens is 250 g/mol. The largest absolute Gasteiger partial charge is 0.399 e. The van der Waals surface area contributed by atoms with Crippen molar-refractivity contribution in [1.82, 2.24) is 10.1 Å². The summed E-state index contributed by atoms with van der Waals surface area (Å²) in [6, 6.07) is 15.7. The molecule has 0 aliphatic rings. The summed E-state index contributed by atoms with van der Waals surface area (Å²) in [5, 5.41) is 4.03. The normalized spacial score (nSPS) is 10.7. The van der Waals surface area contributed by atoms with E-state index in [9.17, 15) is 0 Å². The van der Waals surface area contributed by atoms with E-state index >= 15 is 0 Å². The van der Waals surface area contributed by atoms with E-state index in [0.29, 0.717) is 18.1 Å². The van der Waals surface area contributed by atoms with Gasteiger partial charge in [-0.05, 0) is 30.7 Å². The minimum atomic E-state index is 0.587. The van der Waals surface area contributed by atoms with Crippen LogP contribution in [-0.2, 0) is 6.42 Å². The predicted molar refractivity (Wildman–Crippen MR) is 78.1 cm³/mol. The summed E-state index contributed by atoms with van der Waals surface area (Å²) in [7, 11) is 0. The van der Waals surface area contributed by atoms with Gasteiger partial charge in [-0.2, -0.15) is 4.98 Å². The fourth-order valence-corrected chi connectivity index (χ4v) is 2.11. The molecule has 2 aromatic carbocycles. The van der Waals surface area contributed by atoms with Crippen molar-refractivity contribution >= 4 is 5.69 Å². The topological polar surface area (TPSA) is 64.9 Å². The van der Waals surface area contributed by atoms with Gasteiger partial charge in [0.2, 0.25) is 11.7 Å². The third-order valence-corrected chi connectivity index (χ3v) is 3.05. The fourth-order valence-electron chi connectivity index (χ4n) is 2.11. The van der Waals surface area contributed by atoms with Gasteiger partial charge in [0.15, 0.2) is 0 Å². The Morgan fingerprint density at radius 1 is 1.10 bits per heavy atom. The van der Waals surface area contributed by atoms with Gasteiger partial charge >= 0.3 is 0 Å². The van der Waals surface area contributed by atoms with Crippen LogP contribution in [0.5, 0.6) is 0 Å². The second-order valence-corrected chi connectivity index (χ2v) is 4.80. The summed E-state index contributed by atoms with van der Waals surface area (Å²) >= 11 is 0. The van der Waals surface area contributed by atoms with Crippen LogP contribution in [0.25, 0.3) is 11.4 Å². The third-order valence-electron chi connectivity index (χ3n) is 3.05. The molecule has 0 aliphatic heterocycles. The van der Waals surface area contributed by atoms with Crippen molar-refractivity contribution in [2.45, 2.75) is 13.3 Å².